The highest BCUT2D eigenvalue weighted by Gasteiger charge is 2.61. The predicted octanol–water partition coefficient (Wildman–Crippen LogP) is 0.659. The van der Waals surface area contributed by atoms with Crippen molar-refractivity contribution in [1.82, 2.24) is 0 Å². The third-order valence-electron chi connectivity index (χ3n) is 4.75. The van der Waals surface area contributed by atoms with Crippen LogP contribution in [-0.4, -0.2) is 81.9 Å². The van der Waals surface area contributed by atoms with Crippen LogP contribution in [0, 0.1) is 0 Å². The molecule has 0 bridgehead atoms. The van der Waals surface area contributed by atoms with E-state index >= 15 is 0 Å². The minimum Gasteiger partial charge on any atom is -0.467 e. The summed E-state index contributed by atoms with van der Waals surface area (Å²) in [5.74, 6) is -1.15. The third kappa shape index (κ3) is 3.84. The van der Waals surface area contributed by atoms with Crippen molar-refractivity contribution < 1.29 is 38.0 Å². The summed E-state index contributed by atoms with van der Waals surface area (Å²) in [4.78, 5) is 12.4. The van der Waals surface area contributed by atoms with Gasteiger partial charge in [0, 0.05) is 13.0 Å². The fraction of sp³-hybridized carbons (Fsp3) is 0.941. The first kappa shape index (κ1) is 19.0. The second-order valence-electron chi connectivity index (χ2n) is 7.03. The zero-order chi connectivity index (χ0) is 18.1. The molecule has 0 saturated carbocycles. The average molecular weight is 360 g/mol. The molecule has 0 unspecified atom stereocenters. The van der Waals surface area contributed by atoms with Crippen molar-refractivity contribution in [1.29, 1.82) is 0 Å². The van der Waals surface area contributed by atoms with E-state index in [2.05, 4.69) is 0 Å². The number of carbonyl (C=O) groups excluding carboxylic acids is 1. The molecule has 0 amide bonds. The van der Waals surface area contributed by atoms with Gasteiger partial charge in [0.15, 0.2) is 11.4 Å². The molecular formula is C17H28O8. The summed E-state index contributed by atoms with van der Waals surface area (Å²) in [5.41, 5.74) is -1.19. The van der Waals surface area contributed by atoms with Gasteiger partial charge in [-0.2, -0.15) is 0 Å². The van der Waals surface area contributed by atoms with Gasteiger partial charge in [0.25, 0.3) is 0 Å². The van der Waals surface area contributed by atoms with Gasteiger partial charge in [-0.25, -0.2) is 4.79 Å². The molecule has 0 aliphatic carbocycles. The third-order valence-corrected chi connectivity index (χ3v) is 4.75. The second kappa shape index (κ2) is 7.46. The van der Waals surface area contributed by atoms with Gasteiger partial charge in [0.05, 0.1) is 39.6 Å². The van der Waals surface area contributed by atoms with Gasteiger partial charge in [0.2, 0.25) is 0 Å². The van der Waals surface area contributed by atoms with E-state index in [0.717, 1.165) is 0 Å². The highest BCUT2D eigenvalue weighted by atomic mass is 16.8. The first-order chi connectivity index (χ1) is 11.9. The van der Waals surface area contributed by atoms with E-state index in [1.54, 1.807) is 0 Å². The van der Waals surface area contributed by atoms with Gasteiger partial charge in [-0.05, 0) is 20.8 Å². The van der Waals surface area contributed by atoms with E-state index in [4.69, 9.17) is 33.2 Å². The summed E-state index contributed by atoms with van der Waals surface area (Å²) in [7, 11) is 1.34. The van der Waals surface area contributed by atoms with Crippen LogP contribution in [0.4, 0.5) is 0 Å². The first-order valence-electron chi connectivity index (χ1n) is 8.80. The zero-order valence-electron chi connectivity index (χ0n) is 15.3. The molecule has 0 aromatic rings. The number of rotatable bonds is 7. The first-order valence-corrected chi connectivity index (χ1v) is 8.80. The molecule has 3 rings (SSSR count). The van der Waals surface area contributed by atoms with Crippen LogP contribution in [0.15, 0.2) is 0 Å². The lowest BCUT2D eigenvalue weighted by molar-refractivity contribution is -0.195. The van der Waals surface area contributed by atoms with Crippen LogP contribution in [0.25, 0.3) is 0 Å². The molecule has 0 radical (unpaired) electrons. The maximum atomic E-state index is 12.4. The number of fused-ring (bicyclic) bond motifs is 3. The molecule has 3 aliphatic heterocycles. The maximum absolute atomic E-state index is 12.4. The number of hydrogen-bond acceptors (Lipinski definition) is 8. The molecule has 3 fully saturated rings. The topological polar surface area (TPSA) is 81.7 Å². The lowest BCUT2D eigenvalue weighted by Gasteiger charge is -2.32. The zero-order valence-corrected chi connectivity index (χ0v) is 15.3. The van der Waals surface area contributed by atoms with E-state index in [1.807, 2.05) is 20.8 Å². The van der Waals surface area contributed by atoms with Crippen molar-refractivity contribution in [3.05, 3.63) is 0 Å². The number of carbonyl (C=O) groups is 1. The lowest BCUT2D eigenvalue weighted by Crippen LogP contribution is -2.50. The lowest BCUT2D eigenvalue weighted by atomic mass is 9.95. The quantitative estimate of drug-likeness (QED) is 0.484. The van der Waals surface area contributed by atoms with Gasteiger partial charge < -0.3 is 33.2 Å². The smallest absolute Gasteiger partial charge is 0.340 e. The normalized spacial score (nSPS) is 39.0. The van der Waals surface area contributed by atoms with Crippen molar-refractivity contribution >= 4 is 5.97 Å². The number of hydrogen-bond donors (Lipinski definition) is 0. The molecule has 0 aromatic carbocycles. The van der Waals surface area contributed by atoms with Gasteiger partial charge in [0.1, 0.15) is 18.3 Å². The van der Waals surface area contributed by atoms with Crippen molar-refractivity contribution in [2.24, 2.45) is 0 Å². The summed E-state index contributed by atoms with van der Waals surface area (Å²) in [5, 5.41) is 0. The summed E-state index contributed by atoms with van der Waals surface area (Å²) < 4.78 is 39.7. The number of methoxy groups -OCH3 is 1. The molecule has 8 nitrogen and oxygen atoms in total. The average Bonchev–Trinajstić information content (AvgIpc) is 3.10. The largest absolute Gasteiger partial charge is 0.467 e. The monoisotopic (exact) mass is 360 g/mol. The van der Waals surface area contributed by atoms with Crippen molar-refractivity contribution in [3.63, 3.8) is 0 Å². The van der Waals surface area contributed by atoms with Crippen LogP contribution in [0.1, 0.15) is 27.2 Å². The summed E-state index contributed by atoms with van der Waals surface area (Å²) >= 11 is 0. The summed E-state index contributed by atoms with van der Waals surface area (Å²) in [6.07, 6.45) is -0.762. The molecule has 0 N–H and O–H groups in total. The maximum Gasteiger partial charge on any atom is 0.340 e. The Morgan fingerprint density at radius 1 is 1.08 bits per heavy atom. The van der Waals surface area contributed by atoms with Gasteiger partial charge in [-0.3, -0.25) is 0 Å². The Balaban J connectivity index is 1.68. The van der Waals surface area contributed by atoms with E-state index in [9.17, 15) is 4.79 Å². The highest BCUT2D eigenvalue weighted by molar-refractivity contribution is 5.80. The molecule has 0 aromatic heterocycles. The molecule has 5 atom stereocenters. The highest BCUT2D eigenvalue weighted by Crippen LogP contribution is 2.44. The molecule has 0 spiro atoms. The van der Waals surface area contributed by atoms with Gasteiger partial charge in [-0.15, -0.1) is 0 Å². The Hall–Kier alpha value is -0.770. The van der Waals surface area contributed by atoms with Gasteiger partial charge in [-0.1, -0.05) is 0 Å². The van der Waals surface area contributed by atoms with Crippen LogP contribution >= 0.6 is 0 Å². The molecule has 144 valence electrons. The standard InChI is InChI=1S/C17H28O8/c1-5-20-6-7-21-10-17(15(18)19-4)8-11-13(25-17)14-12(9-22-11)23-16(2,3)24-14/h11-14H,5-10H2,1-4H3/t11-,12+,13+,14+,17+/m1/s1. The van der Waals surface area contributed by atoms with Gasteiger partial charge >= 0.3 is 5.97 Å². The molecule has 3 saturated heterocycles. The fourth-order valence-electron chi connectivity index (χ4n) is 3.72. The van der Waals surface area contributed by atoms with E-state index < -0.39 is 23.5 Å². The Labute approximate surface area is 148 Å². The van der Waals surface area contributed by atoms with E-state index in [1.165, 1.54) is 7.11 Å². The minimum atomic E-state index is -1.19. The van der Waals surface area contributed by atoms with Crippen LogP contribution in [0.2, 0.25) is 0 Å². The number of ether oxygens (including phenoxy) is 7. The fourth-order valence-corrected chi connectivity index (χ4v) is 3.72. The van der Waals surface area contributed by atoms with Crippen LogP contribution in [-0.2, 0) is 38.0 Å². The summed E-state index contributed by atoms with van der Waals surface area (Å²) in [6.45, 7) is 7.61. The predicted molar refractivity (Wildman–Crippen MR) is 85.1 cm³/mol. The summed E-state index contributed by atoms with van der Waals surface area (Å²) in [6, 6.07) is 0. The van der Waals surface area contributed by atoms with E-state index in [0.29, 0.717) is 32.8 Å². The molecule has 3 heterocycles. The van der Waals surface area contributed by atoms with Crippen molar-refractivity contribution in [2.75, 3.05) is 40.1 Å². The van der Waals surface area contributed by atoms with E-state index in [-0.39, 0.29) is 24.9 Å². The number of esters is 1. The van der Waals surface area contributed by atoms with Crippen molar-refractivity contribution in [2.45, 2.75) is 63.0 Å². The van der Waals surface area contributed by atoms with Crippen LogP contribution in [0.3, 0.4) is 0 Å². The Bertz CT molecular complexity index is 481. The second-order valence-corrected chi connectivity index (χ2v) is 7.03. The molecule has 8 heteroatoms. The molecule has 25 heavy (non-hydrogen) atoms. The molecular weight excluding hydrogens is 332 g/mol. The van der Waals surface area contributed by atoms with Crippen LogP contribution in [0.5, 0.6) is 0 Å². The Kier molecular flexibility index (Phi) is 5.67. The van der Waals surface area contributed by atoms with Crippen LogP contribution < -0.4 is 0 Å². The Morgan fingerprint density at radius 2 is 1.80 bits per heavy atom. The Morgan fingerprint density at radius 3 is 2.52 bits per heavy atom. The minimum absolute atomic E-state index is 0.0880. The molecule has 3 aliphatic rings. The van der Waals surface area contributed by atoms with Crippen molar-refractivity contribution in [3.8, 4) is 0 Å². The SMILES string of the molecule is CCOCCOC[C@]1(C(=O)OC)C[C@H]2OC[C@@H]3OC(C)(C)O[C@@H]3[C@H]2O1.